The number of likely N-dealkylation sites (tertiary alicyclic amines) is 2. The molecule has 9 nitrogen and oxygen atoms in total. The quantitative estimate of drug-likeness (QED) is 0.621. The topological polar surface area (TPSA) is 88.0 Å². The molecule has 4 aliphatic heterocycles. The molecule has 2 aromatic rings. The van der Waals surface area contributed by atoms with Crippen LogP contribution in [0, 0.1) is 0 Å². The molecule has 1 aromatic heterocycles. The van der Waals surface area contributed by atoms with Crippen LogP contribution in [0.5, 0.6) is 0 Å². The highest BCUT2D eigenvalue weighted by Crippen LogP contribution is 2.42. The lowest BCUT2D eigenvalue weighted by molar-refractivity contribution is 0.0297. The molecule has 5 heterocycles. The van der Waals surface area contributed by atoms with Gasteiger partial charge in [-0.15, -0.1) is 0 Å². The number of hydrogen-bond donors (Lipinski definition) is 0. The molecular weight excluding hydrogens is 478 g/mol. The first kappa shape index (κ1) is 24.1. The molecule has 10 heteroatoms. The van der Waals surface area contributed by atoms with Crippen molar-refractivity contribution in [3.63, 3.8) is 0 Å². The van der Waals surface area contributed by atoms with Crippen LogP contribution in [0.4, 0.5) is 0 Å². The first-order valence-corrected chi connectivity index (χ1v) is 14.8. The van der Waals surface area contributed by atoms with E-state index >= 15 is 0 Å². The predicted molar refractivity (Wildman–Crippen MR) is 136 cm³/mol. The Balaban J connectivity index is 1.41. The first-order chi connectivity index (χ1) is 17.4. The Morgan fingerprint density at radius 1 is 1.00 bits per heavy atom. The molecule has 6 rings (SSSR count). The molecule has 0 N–H and O–H groups in total. The van der Waals surface area contributed by atoms with Gasteiger partial charge in [0.05, 0.1) is 35.6 Å². The monoisotopic (exact) mass is 513 g/mol. The highest BCUT2D eigenvalue weighted by Gasteiger charge is 2.39. The number of amides is 1. The van der Waals surface area contributed by atoms with Crippen molar-refractivity contribution >= 4 is 15.7 Å². The van der Waals surface area contributed by atoms with Gasteiger partial charge < -0.3 is 14.5 Å². The van der Waals surface area contributed by atoms with Crippen molar-refractivity contribution in [1.82, 2.24) is 24.5 Å². The number of benzene rings is 1. The summed E-state index contributed by atoms with van der Waals surface area (Å²) in [5.74, 6) is -0.376. The fourth-order valence-corrected chi connectivity index (χ4v) is 7.99. The normalized spacial score (nSPS) is 26.9. The van der Waals surface area contributed by atoms with Crippen molar-refractivity contribution in [3.05, 3.63) is 35.5 Å². The third-order valence-corrected chi connectivity index (χ3v) is 9.91. The zero-order chi connectivity index (χ0) is 24.9. The van der Waals surface area contributed by atoms with E-state index in [9.17, 15) is 13.2 Å². The smallest absolute Gasteiger partial charge is 0.274 e. The minimum absolute atomic E-state index is 0.0971. The number of morpholine rings is 1. The number of carbonyl (C=O) groups excluding carboxylic acids is 1. The van der Waals surface area contributed by atoms with Crippen molar-refractivity contribution in [2.45, 2.75) is 48.4 Å². The second-order valence-electron chi connectivity index (χ2n) is 10.6. The van der Waals surface area contributed by atoms with E-state index in [2.05, 4.69) is 16.8 Å². The number of ether oxygens (including phenoxy) is 1. The molecule has 2 atom stereocenters. The van der Waals surface area contributed by atoms with E-state index in [1.807, 2.05) is 16.8 Å². The molecule has 0 spiro atoms. The molecular formula is C26H35N5O4S. The Morgan fingerprint density at radius 3 is 2.56 bits per heavy atom. The zero-order valence-corrected chi connectivity index (χ0v) is 21.8. The average Bonchev–Trinajstić information content (AvgIpc) is 3.27. The number of hydrogen-bond acceptors (Lipinski definition) is 7. The van der Waals surface area contributed by atoms with E-state index in [0.29, 0.717) is 54.1 Å². The second-order valence-corrected chi connectivity index (χ2v) is 12.6. The maximum absolute atomic E-state index is 13.6. The van der Waals surface area contributed by atoms with Gasteiger partial charge in [0.15, 0.2) is 15.5 Å². The summed E-state index contributed by atoms with van der Waals surface area (Å²) in [5, 5.41) is 4.93. The summed E-state index contributed by atoms with van der Waals surface area (Å²) >= 11 is 0. The Hall–Kier alpha value is -2.27. The van der Waals surface area contributed by atoms with Gasteiger partial charge in [0, 0.05) is 43.3 Å². The predicted octanol–water partition coefficient (Wildman–Crippen LogP) is 2.04. The Bertz CT molecular complexity index is 1250. The molecule has 1 aromatic carbocycles. The van der Waals surface area contributed by atoms with Crippen LogP contribution in [0.3, 0.4) is 0 Å². The van der Waals surface area contributed by atoms with Crippen LogP contribution in [0.1, 0.15) is 47.8 Å². The largest absolute Gasteiger partial charge is 0.378 e. The Morgan fingerprint density at radius 2 is 1.75 bits per heavy atom. The van der Waals surface area contributed by atoms with Gasteiger partial charge >= 0.3 is 0 Å². The second kappa shape index (κ2) is 9.55. The van der Waals surface area contributed by atoms with Gasteiger partial charge in [-0.1, -0.05) is 18.2 Å². The fourth-order valence-electron chi connectivity index (χ4n) is 6.40. The summed E-state index contributed by atoms with van der Waals surface area (Å²) in [6.07, 6.45) is 4.44. The molecule has 4 aliphatic rings. The lowest BCUT2D eigenvalue weighted by Crippen LogP contribution is -2.50. The van der Waals surface area contributed by atoms with Crippen LogP contribution in [-0.2, 0) is 20.3 Å². The molecule has 36 heavy (non-hydrogen) atoms. The van der Waals surface area contributed by atoms with Gasteiger partial charge in [0.1, 0.15) is 0 Å². The number of nitrogens with zero attached hydrogens (tertiary/aromatic N) is 5. The van der Waals surface area contributed by atoms with Crippen molar-refractivity contribution in [2.24, 2.45) is 0 Å². The maximum Gasteiger partial charge on any atom is 0.274 e. The minimum atomic E-state index is -3.56. The van der Waals surface area contributed by atoms with Gasteiger partial charge in [0.2, 0.25) is 0 Å². The molecule has 1 amide bonds. The molecule has 0 radical (unpaired) electrons. The van der Waals surface area contributed by atoms with Gasteiger partial charge in [-0.05, 0) is 51.9 Å². The summed E-state index contributed by atoms with van der Waals surface area (Å²) in [6.45, 7) is 6.14. The van der Waals surface area contributed by atoms with E-state index < -0.39 is 9.84 Å². The van der Waals surface area contributed by atoms with Crippen molar-refractivity contribution in [2.75, 3.05) is 59.5 Å². The molecule has 3 fully saturated rings. The highest BCUT2D eigenvalue weighted by atomic mass is 32.2. The molecule has 3 saturated heterocycles. The average molecular weight is 514 g/mol. The Kier molecular flexibility index (Phi) is 6.39. The van der Waals surface area contributed by atoms with Crippen molar-refractivity contribution < 1.29 is 17.9 Å². The van der Waals surface area contributed by atoms with Crippen LogP contribution >= 0.6 is 0 Å². The summed E-state index contributed by atoms with van der Waals surface area (Å²) in [5.41, 5.74) is 2.32. The molecule has 0 saturated carbocycles. The first-order valence-electron chi connectivity index (χ1n) is 13.2. The van der Waals surface area contributed by atoms with E-state index in [1.54, 1.807) is 17.0 Å². The van der Waals surface area contributed by atoms with Gasteiger partial charge in [-0.25, -0.2) is 8.42 Å². The van der Waals surface area contributed by atoms with Crippen LogP contribution in [-0.4, -0.2) is 104 Å². The molecule has 1 unspecified atom stereocenters. The number of fused-ring (bicyclic) bond motifs is 3. The van der Waals surface area contributed by atoms with E-state index in [0.717, 1.165) is 44.7 Å². The van der Waals surface area contributed by atoms with Crippen LogP contribution in [0.2, 0.25) is 0 Å². The molecule has 0 bridgehead atoms. The fraction of sp³-hybridized carbons (Fsp3) is 0.615. The molecule has 0 aliphatic carbocycles. The highest BCUT2D eigenvalue weighted by molar-refractivity contribution is 7.90. The number of carbonyl (C=O) groups is 1. The summed E-state index contributed by atoms with van der Waals surface area (Å²) < 4.78 is 34.0. The third-order valence-electron chi connectivity index (χ3n) is 8.21. The van der Waals surface area contributed by atoms with Gasteiger partial charge in [-0.2, -0.15) is 5.10 Å². The number of likely N-dealkylation sites (N-methyl/N-ethyl adjacent to an activating group) is 1. The third kappa shape index (κ3) is 4.27. The number of piperidine rings is 2. The number of rotatable bonds is 3. The van der Waals surface area contributed by atoms with Crippen LogP contribution in [0.25, 0.3) is 11.3 Å². The number of sulfone groups is 1. The zero-order valence-electron chi connectivity index (χ0n) is 20.9. The maximum atomic E-state index is 13.6. The SMILES string of the molecule is CN1CCCC(N2CCC[C@H](n3nc(C(=O)N4CCOCC4)c4c3-c3ccccc3S(=O)(=O)C4)C2)C1. The minimum Gasteiger partial charge on any atom is -0.378 e. The van der Waals surface area contributed by atoms with E-state index in [4.69, 9.17) is 9.84 Å². The Labute approximate surface area is 212 Å². The lowest BCUT2D eigenvalue weighted by atomic mass is 9.98. The van der Waals surface area contributed by atoms with E-state index in [-0.39, 0.29) is 17.7 Å². The van der Waals surface area contributed by atoms with Gasteiger partial charge in [-0.3, -0.25) is 14.4 Å². The lowest BCUT2D eigenvalue weighted by Gasteiger charge is -2.42. The van der Waals surface area contributed by atoms with E-state index in [1.165, 1.54) is 12.8 Å². The standard InChI is InChI=1S/C26H35N5O4S/c1-28-10-4-6-19(16-28)30-11-5-7-20(17-30)31-25-21-8-2-3-9-23(21)36(33,34)18-22(25)24(27-31)26(32)29-12-14-35-15-13-29/h2-3,8-9,19-20H,4-7,10-18H2,1H3/t19?,20-/m0/s1. The summed E-state index contributed by atoms with van der Waals surface area (Å²) in [7, 11) is -1.37. The van der Waals surface area contributed by atoms with Gasteiger partial charge in [0.25, 0.3) is 5.91 Å². The van der Waals surface area contributed by atoms with Crippen molar-refractivity contribution in [3.8, 4) is 11.3 Å². The summed E-state index contributed by atoms with van der Waals surface area (Å²) in [4.78, 5) is 20.7. The summed E-state index contributed by atoms with van der Waals surface area (Å²) in [6, 6.07) is 7.81. The van der Waals surface area contributed by atoms with Crippen LogP contribution in [0.15, 0.2) is 29.2 Å². The number of aromatic nitrogens is 2. The van der Waals surface area contributed by atoms with Crippen molar-refractivity contribution in [1.29, 1.82) is 0 Å². The molecule has 194 valence electrons. The van der Waals surface area contributed by atoms with Crippen LogP contribution < -0.4 is 0 Å².